The number of halogens is 1. The number of sulfonamides is 1. The van der Waals surface area contributed by atoms with Crippen LogP contribution in [0.4, 0.5) is 5.69 Å². The number of hydrogen-bond acceptors (Lipinski definition) is 4. The summed E-state index contributed by atoms with van der Waals surface area (Å²) < 4.78 is 32.8. The molecule has 7 heteroatoms. The van der Waals surface area contributed by atoms with Gasteiger partial charge in [0.15, 0.2) is 0 Å². The fourth-order valence-corrected chi connectivity index (χ4v) is 3.33. The standard InChI is InChI=1S/C12H17BrN2O3S/c13-11-4-3-10(8-12(11)14)19(16,17)15-6-5-9-2-1-7-18-9/h3-4,8-9,15H,1-2,5-7,14H2. The quantitative estimate of drug-likeness (QED) is 0.796. The van der Waals surface area contributed by atoms with Crippen LogP contribution >= 0.6 is 15.9 Å². The molecule has 0 amide bonds. The van der Waals surface area contributed by atoms with Crippen LogP contribution in [0.5, 0.6) is 0 Å². The lowest BCUT2D eigenvalue weighted by molar-refractivity contribution is 0.105. The molecular weight excluding hydrogens is 332 g/mol. The van der Waals surface area contributed by atoms with E-state index in [0.29, 0.717) is 23.1 Å². The molecule has 0 spiro atoms. The summed E-state index contributed by atoms with van der Waals surface area (Å²) in [6.45, 7) is 1.16. The van der Waals surface area contributed by atoms with E-state index in [1.807, 2.05) is 0 Å². The Morgan fingerprint density at radius 1 is 1.47 bits per heavy atom. The summed E-state index contributed by atoms with van der Waals surface area (Å²) in [6, 6.07) is 4.59. The molecule has 1 aliphatic rings. The monoisotopic (exact) mass is 348 g/mol. The molecule has 106 valence electrons. The maximum atomic E-state index is 12.0. The Morgan fingerprint density at radius 3 is 2.89 bits per heavy atom. The molecule has 0 bridgehead atoms. The molecule has 0 aromatic heterocycles. The maximum absolute atomic E-state index is 12.0. The molecular formula is C12H17BrN2O3S. The van der Waals surface area contributed by atoms with E-state index in [1.165, 1.54) is 12.1 Å². The van der Waals surface area contributed by atoms with Crippen LogP contribution in [-0.2, 0) is 14.8 Å². The largest absolute Gasteiger partial charge is 0.398 e. The number of anilines is 1. The van der Waals surface area contributed by atoms with Crippen LogP contribution in [0.3, 0.4) is 0 Å². The minimum atomic E-state index is -3.50. The van der Waals surface area contributed by atoms with E-state index in [9.17, 15) is 8.42 Å². The van der Waals surface area contributed by atoms with Crippen LogP contribution in [0.1, 0.15) is 19.3 Å². The van der Waals surface area contributed by atoms with Gasteiger partial charge in [-0.15, -0.1) is 0 Å². The van der Waals surface area contributed by atoms with Gasteiger partial charge < -0.3 is 10.5 Å². The van der Waals surface area contributed by atoms with Gasteiger partial charge >= 0.3 is 0 Å². The summed E-state index contributed by atoms with van der Waals surface area (Å²) in [4.78, 5) is 0.181. The Morgan fingerprint density at radius 2 is 2.26 bits per heavy atom. The van der Waals surface area contributed by atoms with Crippen LogP contribution in [0.2, 0.25) is 0 Å². The third-order valence-electron chi connectivity index (χ3n) is 3.06. The predicted molar refractivity (Wildman–Crippen MR) is 77.3 cm³/mol. The molecule has 1 saturated heterocycles. The number of benzene rings is 1. The van der Waals surface area contributed by atoms with Crippen molar-refractivity contribution in [1.29, 1.82) is 0 Å². The van der Waals surface area contributed by atoms with Gasteiger partial charge in [0.1, 0.15) is 0 Å². The normalized spacial score (nSPS) is 19.7. The zero-order chi connectivity index (χ0) is 13.9. The smallest absolute Gasteiger partial charge is 0.240 e. The van der Waals surface area contributed by atoms with Gasteiger partial charge in [0.05, 0.1) is 11.0 Å². The maximum Gasteiger partial charge on any atom is 0.240 e. The first-order valence-electron chi connectivity index (χ1n) is 6.15. The number of hydrogen-bond donors (Lipinski definition) is 2. The van der Waals surface area contributed by atoms with E-state index >= 15 is 0 Å². The van der Waals surface area contributed by atoms with Crippen LogP contribution in [0, 0.1) is 0 Å². The minimum absolute atomic E-state index is 0.178. The molecule has 0 saturated carbocycles. The fourth-order valence-electron chi connectivity index (χ4n) is 2.00. The summed E-state index contributed by atoms with van der Waals surface area (Å²) in [5, 5.41) is 0. The summed E-state index contributed by atoms with van der Waals surface area (Å²) in [5.41, 5.74) is 6.09. The second kappa shape index (κ2) is 6.21. The Labute approximate surface area is 121 Å². The number of nitrogens with one attached hydrogen (secondary N) is 1. The van der Waals surface area contributed by atoms with Crippen molar-refractivity contribution in [3.63, 3.8) is 0 Å². The van der Waals surface area contributed by atoms with Crippen LogP contribution in [0.25, 0.3) is 0 Å². The van der Waals surface area contributed by atoms with Gasteiger partial charge in [0, 0.05) is 23.3 Å². The topological polar surface area (TPSA) is 81.4 Å². The molecule has 0 aliphatic carbocycles. The summed E-state index contributed by atoms with van der Waals surface area (Å²) in [7, 11) is -3.50. The molecule has 1 heterocycles. The van der Waals surface area contributed by atoms with Gasteiger partial charge in [-0.1, -0.05) is 0 Å². The average Bonchev–Trinajstić information content (AvgIpc) is 2.85. The highest BCUT2D eigenvalue weighted by Gasteiger charge is 2.18. The van der Waals surface area contributed by atoms with Crippen molar-refractivity contribution in [1.82, 2.24) is 4.72 Å². The van der Waals surface area contributed by atoms with Gasteiger partial charge in [0.2, 0.25) is 10.0 Å². The van der Waals surface area contributed by atoms with Crippen molar-refractivity contribution in [2.24, 2.45) is 0 Å². The highest BCUT2D eigenvalue weighted by Crippen LogP contribution is 2.22. The fraction of sp³-hybridized carbons (Fsp3) is 0.500. The Kier molecular flexibility index (Phi) is 4.83. The molecule has 1 aliphatic heterocycles. The van der Waals surface area contributed by atoms with Gasteiger partial charge in [0.25, 0.3) is 0 Å². The Bertz CT molecular complexity index is 542. The molecule has 5 nitrogen and oxygen atoms in total. The molecule has 1 unspecified atom stereocenters. The molecule has 1 atom stereocenters. The number of nitrogens with two attached hydrogens (primary N) is 1. The lowest BCUT2D eigenvalue weighted by atomic mass is 10.2. The van der Waals surface area contributed by atoms with Gasteiger partial charge in [-0.3, -0.25) is 0 Å². The number of ether oxygens (including phenoxy) is 1. The molecule has 0 radical (unpaired) electrons. The van der Waals surface area contributed by atoms with Crippen molar-refractivity contribution in [2.75, 3.05) is 18.9 Å². The molecule has 2 rings (SSSR count). The van der Waals surface area contributed by atoms with E-state index in [1.54, 1.807) is 6.07 Å². The lowest BCUT2D eigenvalue weighted by Crippen LogP contribution is -2.27. The second-order valence-electron chi connectivity index (χ2n) is 4.50. The molecule has 1 fully saturated rings. The first-order valence-corrected chi connectivity index (χ1v) is 8.43. The lowest BCUT2D eigenvalue weighted by Gasteiger charge is -2.11. The van der Waals surface area contributed by atoms with Crippen molar-refractivity contribution in [2.45, 2.75) is 30.3 Å². The van der Waals surface area contributed by atoms with E-state index in [2.05, 4.69) is 20.7 Å². The first-order chi connectivity index (χ1) is 8.99. The van der Waals surface area contributed by atoms with Crippen molar-refractivity contribution in [3.05, 3.63) is 22.7 Å². The van der Waals surface area contributed by atoms with Crippen molar-refractivity contribution >= 4 is 31.6 Å². The first kappa shape index (κ1) is 14.8. The molecule has 1 aromatic rings. The summed E-state index contributed by atoms with van der Waals surface area (Å²) in [5.74, 6) is 0. The summed E-state index contributed by atoms with van der Waals surface area (Å²) >= 11 is 3.24. The number of nitrogen functional groups attached to an aromatic ring is 1. The van der Waals surface area contributed by atoms with Crippen LogP contribution in [-0.4, -0.2) is 27.7 Å². The third-order valence-corrected chi connectivity index (χ3v) is 5.24. The zero-order valence-corrected chi connectivity index (χ0v) is 12.8. The van der Waals surface area contributed by atoms with Crippen LogP contribution < -0.4 is 10.5 Å². The van der Waals surface area contributed by atoms with Crippen LogP contribution in [0.15, 0.2) is 27.6 Å². The zero-order valence-electron chi connectivity index (χ0n) is 10.4. The molecule has 3 N–H and O–H groups in total. The van der Waals surface area contributed by atoms with Gasteiger partial charge in [-0.25, -0.2) is 13.1 Å². The SMILES string of the molecule is Nc1cc(S(=O)(=O)NCCC2CCCO2)ccc1Br. The number of rotatable bonds is 5. The average molecular weight is 349 g/mol. The van der Waals surface area contributed by atoms with Crippen molar-refractivity contribution < 1.29 is 13.2 Å². The Hall–Kier alpha value is -0.630. The minimum Gasteiger partial charge on any atom is -0.398 e. The summed E-state index contributed by atoms with van der Waals surface area (Å²) in [6.07, 6.45) is 2.94. The van der Waals surface area contributed by atoms with Gasteiger partial charge in [-0.2, -0.15) is 0 Å². The predicted octanol–water partition coefficient (Wildman–Crippen LogP) is 1.88. The van der Waals surface area contributed by atoms with Gasteiger partial charge in [-0.05, 0) is 53.4 Å². The van der Waals surface area contributed by atoms with Crippen molar-refractivity contribution in [3.8, 4) is 0 Å². The highest BCUT2D eigenvalue weighted by atomic mass is 79.9. The van der Waals surface area contributed by atoms with E-state index in [-0.39, 0.29) is 11.0 Å². The van der Waals surface area contributed by atoms with E-state index in [0.717, 1.165) is 19.4 Å². The van der Waals surface area contributed by atoms with E-state index < -0.39 is 10.0 Å². The molecule has 1 aromatic carbocycles. The van der Waals surface area contributed by atoms with E-state index in [4.69, 9.17) is 10.5 Å². The second-order valence-corrected chi connectivity index (χ2v) is 7.13. The highest BCUT2D eigenvalue weighted by molar-refractivity contribution is 9.10. The Balaban J connectivity index is 1.95. The third kappa shape index (κ3) is 3.92. The molecule has 19 heavy (non-hydrogen) atoms.